The zero-order valence-corrected chi connectivity index (χ0v) is 6.44. The maximum atomic E-state index is 5.68. The van der Waals surface area contributed by atoms with E-state index in [1.54, 1.807) is 0 Å². The van der Waals surface area contributed by atoms with Gasteiger partial charge in [0.2, 0.25) is 0 Å². The molecule has 0 amide bonds. The molecule has 0 spiro atoms. The standard InChI is InChI=1S/C8H12N2/c1-5-6(2)10(4)7(3)8(5)9/h2-3,9H2,1,4H3. The third kappa shape index (κ3) is 0.652. The van der Waals surface area contributed by atoms with E-state index in [-0.39, 0.29) is 0 Å². The summed E-state index contributed by atoms with van der Waals surface area (Å²) in [6.45, 7) is 9.59. The van der Waals surface area contributed by atoms with Gasteiger partial charge < -0.3 is 10.3 Å². The molecule has 0 aliphatic carbocycles. The SMILES string of the molecule is C=c1c(C)c(N)c(=C)n1C. The Bertz CT molecular complexity index is 313. The van der Waals surface area contributed by atoms with Crippen molar-refractivity contribution in [3.8, 4) is 0 Å². The van der Waals surface area contributed by atoms with Crippen molar-refractivity contribution < 1.29 is 0 Å². The van der Waals surface area contributed by atoms with Gasteiger partial charge in [0.1, 0.15) is 0 Å². The van der Waals surface area contributed by atoms with Crippen LogP contribution in [0.5, 0.6) is 0 Å². The summed E-state index contributed by atoms with van der Waals surface area (Å²) in [5.41, 5.74) is 7.47. The molecule has 2 heteroatoms. The minimum absolute atomic E-state index is 0.757. The van der Waals surface area contributed by atoms with Gasteiger partial charge in [-0.05, 0) is 12.5 Å². The number of hydrogen-bond acceptors (Lipinski definition) is 1. The first-order valence-electron chi connectivity index (χ1n) is 3.14. The van der Waals surface area contributed by atoms with Crippen LogP contribution >= 0.6 is 0 Å². The lowest BCUT2D eigenvalue weighted by Gasteiger charge is -1.88. The predicted molar refractivity (Wildman–Crippen MR) is 44.9 cm³/mol. The molecule has 0 atom stereocenters. The summed E-state index contributed by atoms with van der Waals surface area (Å²) in [5.74, 6) is 0. The summed E-state index contributed by atoms with van der Waals surface area (Å²) in [6, 6.07) is 0. The van der Waals surface area contributed by atoms with Crippen LogP contribution in [-0.2, 0) is 7.05 Å². The molecular weight excluding hydrogens is 124 g/mol. The Morgan fingerprint density at radius 1 is 1.30 bits per heavy atom. The van der Waals surface area contributed by atoms with Crippen molar-refractivity contribution >= 4 is 18.8 Å². The molecule has 1 aromatic rings. The Kier molecular flexibility index (Phi) is 1.32. The molecule has 0 aliphatic rings. The topological polar surface area (TPSA) is 30.9 Å². The van der Waals surface area contributed by atoms with Gasteiger partial charge in [-0.2, -0.15) is 0 Å². The van der Waals surface area contributed by atoms with E-state index < -0.39 is 0 Å². The van der Waals surface area contributed by atoms with E-state index in [4.69, 9.17) is 5.73 Å². The van der Waals surface area contributed by atoms with Gasteiger partial charge in [0.25, 0.3) is 0 Å². The van der Waals surface area contributed by atoms with Gasteiger partial charge in [0.05, 0.1) is 11.0 Å². The summed E-state index contributed by atoms with van der Waals surface area (Å²) in [4.78, 5) is 0. The van der Waals surface area contributed by atoms with Gasteiger partial charge in [-0.3, -0.25) is 0 Å². The quantitative estimate of drug-likeness (QED) is 0.523. The minimum Gasteiger partial charge on any atom is -0.397 e. The van der Waals surface area contributed by atoms with Crippen LogP contribution in [0.3, 0.4) is 0 Å². The van der Waals surface area contributed by atoms with Crippen molar-refractivity contribution in [1.82, 2.24) is 4.57 Å². The molecule has 0 saturated heterocycles. The van der Waals surface area contributed by atoms with Crippen LogP contribution in [0.15, 0.2) is 0 Å². The van der Waals surface area contributed by atoms with Crippen LogP contribution in [0, 0.1) is 6.92 Å². The molecule has 0 bridgehead atoms. The maximum absolute atomic E-state index is 5.68. The first-order valence-corrected chi connectivity index (χ1v) is 3.14. The maximum Gasteiger partial charge on any atom is 0.0599 e. The Hall–Kier alpha value is -1.18. The van der Waals surface area contributed by atoms with Crippen LogP contribution in [-0.4, -0.2) is 4.57 Å². The van der Waals surface area contributed by atoms with Crippen LogP contribution in [0.25, 0.3) is 13.2 Å². The molecule has 1 heterocycles. The second-order valence-corrected chi connectivity index (χ2v) is 2.49. The van der Waals surface area contributed by atoms with Gasteiger partial charge in [-0.15, -0.1) is 0 Å². The predicted octanol–water partition coefficient (Wildman–Crippen LogP) is -0.264. The highest BCUT2D eigenvalue weighted by molar-refractivity contribution is 5.47. The summed E-state index contributed by atoms with van der Waals surface area (Å²) in [6.07, 6.45) is 0. The zero-order valence-electron chi connectivity index (χ0n) is 6.44. The first-order chi connectivity index (χ1) is 4.55. The number of hydrogen-bond donors (Lipinski definition) is 1. The molecular formula is C8H12N2. The van der Waals surface area contributed by atoms with Gasteiger partial charge in [-0.1, -0.05) is 13.2 Å². The first kappa shape index (κ1) is 6.93. The number of nitrogens with two attached hydrogens (primary N) is 1. The number of aromatic nitrogens is 1. The molecule has 1 rings (SSSR count). The zero-order chi connectivity index (χ0) is 7.89. The lowest BCUT2D eigenvalue weighted by Crippen LogP contribution is -2.21. The smallest absolute Gasteiger partial charge is 0.0599 e. The summed E-state index contributed by atoms with van der Waals surface area (Å²) >= 11 is 0. The fraction of sp³-hybridized carbons (Fsp3) is 0.250. The van der Waals surface area contributed by atoms with Crippen molar-refractivity contribution in [2.45, 2.75) is 6.92 Å². The van der Waals surface area contributed by atoms with Crippen molar-refractivity contribution in [1.29, 1.82) is 0 Å². The normalized spacial score (nSPS) is 10.2. The third-order valence-corrected chi connectivity index (χ3v) is 1.96. The molecule has 0 saturated carbocycles. The van der Waals surface area contributed by atoms with Gasteiger partial charge in [-0.25, -0.2) is 0 Å². The average Bonchev–Trinajstić information content (AvgIpc) is 2.07. The highest BCUT2D eigenvalue weighted by Gasteiger charge is 1.99. The molecule has 10 heavy (non-hydrogen) atoms. The summed E-state index contributed by atoms with van der Waals surface area (Å²) < 4.78 is 1.89. The van der Waals surface area contributed by atoms with Crippen molar-refractivity contribution in [2.75, 3.05) is 5.73 Å². The van der Waals surface area contributed by atoms with Crippen molar-refractivity contribution in [2.24, 2.45) is 7.05 Å². The number of anilines is 1. The average molecular weight is 136 g/mol. The third-order valence-electron chi connectivity index (χ3n) is 1.96. The molecule has 0 unspecified atom stereocenters. The lowest BCUT2D eigenvalue weighted by atomic mass is 10.3. The van der Waals surface area contributed by atoms with E-state index in [9.17, 15) is 0 Å². The molecule has 2 nitrogen and oxygen atoms in total. The fourth-order valence-electron chi connectivity index (χ4n) is 0.967. The number of nitrogen functional groups attached to an aromatic ring is 1. The van der Waals surface area contributed by atoms with E-state index in [1.165, 1.54) is 0 Å². The van der Waals surface area contributed by atoms with E-state index in [1.807, 2.05) is 18.5 Å². The van der Waals surface area contributed by atoms with E-state index in [0.29, 0.717) is 0 Å². The number of rotatable bonds is 0. The summed E-state index contributed by atoms with van der Waals surface area (Å²) in [7, 11) is 1.91. The van der Waals surface area contributed by atoms with Crippen LogP contribution < -0.4 is 16.4 Å². The molecule has 0 aliphatic heterocycles. The van der Waals surface area contributed by atoms with E-state index >= 15 is 0 Å². The molecule has 2 N–H and O–H groups in total. The Balaban J connectivity index is 3.77. The summed E-state index contributed by atoms with van der Waals surface area (Å²) in [5, 5.41) is 1.80. The minimum atomic E-state index is 0.757. The molecule has 54 valence electrons. The monoisotopic (exact) mass is 136 g/mol. The van der Waals surface area contributed by atoms with Gasteiger partial charge in [0, 0.05) is 12.4 Å². The lowest BCUT2D eigenvalue weighted by molar-refractivity contribution is 0.861. The Labute approximate surface area is 60.3 Å². The molecule has 1 aromatic heterocycles. The molecule has 0 radical (unpaired) electrons. The Morgan fingerprint density at radius 2 is 1.80 bits per heavy atom. The van der Waals surface area contributed by atoms with Crippen LogP contribution in [0.1, 0.15) is 5.56 Å². The second kappa shape index (κ2) is 1.90. The van der Waals surface area contributed by atoms with Gasteiger partial charge in [0.15, 0.2) is 0 Å². The van der Waals surface area contributed by atoms with E-state index in [2.05, 4.69) is 13.2 Å². The van der Waals surface area contributed by atoms with Crippen LogP contribution in [0.2, 0.25) is 0 Å². The van der Waals surface area contributed by atoms with E-state index in [0.717, 1.165) is 21.9 Å². The van der Waals surface area contributed by atoms with Crippen LogP contribution in [0.4, 0.5) is 5.69 Å². The molecule has 0 aromatic carbocycles. The number of nitrogens with zero attached hydrogens (tertiary/aromatic N) is 1. The fourth-order valence-corrected chi connectivity index (χ4v) is 0.967. The van der Waals surface area contributed by atoms with Crippen molar-refractivity contribution in [3.63, 3.8) is 0 Å². The largest absolute Gasteiger partial charge is 0.397 e. The highest BCUT2D eigenvalue weighted by Crippen LogP contribution is 1.95. The molecule has 0 fully saturated rings. The van der Waals surface area contributed by atoms with Crippen molar-refractivity contribution in [3.05, 3.63) is 16.3 Å². The highest BCUT2D eigenvalue weighted by atomic mass is 14.9. The second-order valence-electron chi connectivity index (χ2n) is 2.49. The Morgan fingerprint density at radius 3 is 1.90 bits per heavy atom. The van der Waals surface area contributed by atoms with Gasteiger partial charge >= 0.3 is 0 Å².